The van der Waals surface area contributed by atoms with Crippen molar-refractivity contribution < 1.29 is 36.4 Å². The molecule has 0 saturated heterocycles. The maximum absolute atomic E-state index is 13.5. The summed E-state index contributed by atoms with van der Waals surface area (Å²) in [7, 11) is -4.43. The number of amides is 2. The molecule has 0 aliphatic rings. The number of guanidine groups is 1. The number of alkyl halides is 3. The van der Waals surface area contributed by atoms with E-state index >= 15 is 0 Å². The number of hydrogen-bond donors (Lipinski definition) is 5. The van der Waals surface area contributed by atoms with Crippen molar-refractivity contribution in [2.45, 2.75) is 50.2 Å². The number of rotatable bonds is 11. The number of nitrogens with one attached hydrogen (secondary N) is 3. The van der Waals surface area contributed by atoms with Crippen molar-refractivity contribution in [3.05, 3.63) is 65.9 Å². The molecule has 16 heteroatoms. The van der Waals surface area contributed by atoms with Gasteiger partial charge in [0.1, 0.15) is 6.04 Å². The SMILES string of the molecule is CCC(=O)NC(CCCN=C(N)NO)C(=O)NS(=O)(=O)c1ccc(-n2nc(C(F)(F)F)cc2-c2ccc(C)cc2)cc1. The largest absolute Gasteiger partial charge is 0.435 e. The summed E-state index contributed by atoms with van der Waals surface area (Å²) in [5.41, 5.74) is 7.50. The van der Waals surface area contributed by atoms with E-state index in [1.807, 2.05) is 11.6 Å². The molecule has 12 nitrogen and oxygen atoms in total. The highest BCUT2D eigenvalue weighted by molar-refractivity contribution is 7.90. The first-order valence-electron chi connectivity index (χ1n) is 12.7. The second kappa shape index (κ2) is 13.5. The molecule has 1 unspecified atom stereocenters. The summed E-state index contributed by atoms with van der Waals surface area (Å²) in [6.07, 6.45) is -4.44. The number of benzene rings is 2. The number of hydrogen-bond acceptors (Lipinski definition) is 7. The van der Waals surface area contributed by atoms with Gasteiger partial charge in [-0.1, -0.05) is 36.8 Å². The zero-order chi connectivity index (χ0) is 31.1. The van der Waals surface area contributed by atoms with Gasteiger partial charge in [0.25, 0.3) is 15.9 Å². The van der Waals surface area contributed by atoms with E-state index in [4.69, 9.17) is 10.9 Å². The van der Waals surface area contributed by atoms with Crippen molar-refractivity contribution in [2.75, 3.05) is 6.54 Å². The lowest BCUT2D eigenvalue weighted by atomic mass is 10.1. The molecule has 2 aromatic carbocycles. The minimum absolute atomic E-state index is 0.0108. The molecule has 0 radical (unpaired) electrons. The summed E-state index contributed by atoms with van der Waals surface area (Å²) in [4.78, 5) is 28.2. The van der Waals surface area contributed by atoms with Crippen LogP contribution in [0.15, 0.2) is 64.5 Å². The smallest absolute Gasteiger partial charge is 0.368 e. The molecular formula is C26H30F3N7O5S. The Kier molecular flexibility index (Phi) is 10.3. The van der Waals surface area contributed by atoms with Crippen LogP contribution in [-0.4, -0.2) is 53.8 Å². The maximum Gasteiger partial charge on any atom is 0.435 e. The van der Waals surface area contributed by atoms with E-state index in [0.29, 0.717) is 5.56 Å². The van der Waals surface area contributed by atoms with Gasteiger partial charge in [-0.2, -0.15) is 18.3 Å². The first-order chi connectivity index (χ1) is 19.7. The fraction of sp³-hybridized carbons (Fsp3) is 0.308. The lowest BCUT2D eigenvalue weighted by Gasteiger charge is -2.18. The quantitative estimate of drug-likeness (QED) is 0.0952. The minimum atomic E-state index is -4.71. The third-order valence-electron chi connectivity index (χ3n) is 5.99. The number of halogens is 3. The molecule has 0 spiro atoms. The predicted molar refractivity (Wildman–Crippen MR) is 147 cm³/mol. The van der Waals surface area contributed by atoms with E-state index in [2.05, 4.69) is 15.4 Å². The summed E-state index contributed by atoms with van der Waals surface area (Å²) < 4.78 is 69.4. The number of aliphatic imine (C=N–C) groups is 1. The molecule has 2 amide bonds. The Morgan fingerprint density at radius 1 is 1.12 bits per heavy atom. The van der Waals surface area contributed by atoms with Gasteiger partial charge in [0.15, 0.2) is 5.69 Å². The molecule has 1 atom stereocenters. The van der Waals surface area contributed by atoms with Crippen LogP contribution >= 0.6 is 0 Å². The lowest BCUT2D eigenvalue weighted by molar-refractivity contribution is -0.141. The number of carbonyl (C=O) groups excluding carboxylic acids is 2. The van der Waals surface area contributed by atoms with Crippen molar-refractivity contribution in [1.82, 2.24) is 25.3 Å². The van der Waals surface area contributed by atoms with Crippen LogP contribution in [0.1, 0.15) is 37.4 Å². The molecular weight excluding hydrogens is 579 g/mol. The van der Waals surface area contributed by atoms with E-state index in [1.54, 1.807) is 36.7 Å². The zero-order valence-electron chi connectivity index (χ0n) is 22.6. The van der Waals surface area contributed by atoms with Crippen LogP contribution in [0.2, 0.25) is 0 Å². The van der Waals surface area contributed by atoms with Gasteiger partial charge >= 0.3 is 6.18 Å². The fourth-order valence-electron chi connectivity index (χ4n) is 3.77. The van der Waals surface area contributed by atoms with Crippen LogP contribution in [-0.2, 0) is 25.8 Å². The van der Waals surface area contributed by atoms with Gasteiger partial charge in [-0.25, -0.2) is 23.3 Å². The normalized spacial score (nSPS) is 13.0. The van der Waals surface area contributed by atoms with Gasteiger partial charge in [-0.05, 0) is 50.1 Å². The minimum Gasteiger partial charge on any atom is -0.368 e. The van der Waals surface area contributed by atoms with Gasteiger partial charge < -0.3 is 11.1 Å². The number of aryl methyl sites for hydroxylation is 1. The number of carbonyl (C=O) groups is 2. The Hall–Kier alpha value is -4.44. The van der Waals surface area contributed by atoms with Crippen LogP contribution in [0, 0.1) is 6.92 Å². The van der Waals surface area contributed by atoms with E-state index in [-0.39, 0.29) is 48.0 Å². The molecule has 0 aliphatic carbocycles. The molecule has 0 aliphatic heterocycles. The monoisotopic (exact) mass is 609 g/mol. The number of nitrogens with zero attached hydrogens (tertiary/aromatic N) is 3. The van der Waals surface area contributed by atoms with Crippen LogP contribution in [0.4, 0.5) is 13.2 Å². The highest BCUT2D eigenvalue weighted by atomic mass is 32.2. The molecule has 0 saturated carbocycles. The van der Waals surface area contributed by atoms with Gasteiger partial charge in [0.05, 0.1) is 16.3 Å². The van der Waals surface area contributed by atoms with Crippen molar-refractivity contribution in [1.29, 1.82) is 0 Å². The fourth-order valence-corrected chi connectivity index (χ4v) is 4.79. The van der Waals surface area contributed by atoms with E-state index in [0.717, 1.165) is 28.4 Å². The standard InChI is InChI=1S/C26H30F3N7O5S/c1-3-23(37)32-20(5-4-14-31-25(30)34-39)24(38)35-42(40,41)19-12-10-18(11-13-19)36-21(15-22(33-36)26(27,28)29)17-8-6-16(2)7-9-17/h6-13,15,20,39H,3-5,14H2,1-2H3,(H,32,37)(H,35,38)(H3,30,31,34). The van der Waals surface area contributed by atoms with E-state index in [9.17, 15) is 31.2 Å². The summed E-state index contributed by atoms with van der Waals surface area (Å²) in [6.45, 7) is 3.47. The molecule has 0 fully saturated rings. The van der Waals surface area contributed by atoms with Crippen LogP contribution in [0.5, 0.6) is 0 Å². The van der Waals surface area contributed by atoms with Crippen LogP contribution < -0.4 is 21.3 Å². The van der Waals surface area contributed by atoms with Gasteiger partial charge in [0.2, 0.25) is 11.9 Å². The number of hydroxylamine groups is 1. The molecule has 42 heavy (non-hydrogen) atoms. The summed E-state index contributed by atoms with van der Waals surface area (Å²) in [5, 5.41) is 14.8. The Balaban J connectivity index is 1.84. The lowest BCUT2D eigenvalue weighted by Crippen LogP contribution is -2.48. The number of nitrogens with two attached hydrogens (primary N) is 1. The molecule has 0 bridgehead atoms. The first kappa shape index (κ1) is 32.1. The van der Waals surface area contributed by atoms with Crippen molar-refractivity contribution in [3.8, 4) is 16.9 Å². The molecule has 3 rings (SSSR count). The molecule has 3 aromatic rings. The van der Waals surface area contributed by atoms with E-state index in [1.165, 1.54) is 12.1 Å². The summed E-state index contributed by atoms with van der Waals surface area (Å²) in [5.74, 6) is -1.74. The second-order valence-electron chi connectivity index (χ2n) is 9.15. The van der Waals surface area contributed by atoms with Gasteiger partial charge in [-0.3, -0.25) is 19.8 Å². The van der Waals surface area contributed by atoms with Crippen molar-refractivity contribution in [3.63, 3.8) is 0 Å². The molecule has 1 aromatic heterocycles. The first-order valence-corrected chi connectivity index (χ1v) is 14.1. The predicted octanol–water partition coefficient (Wildman–Crippen LogP) is 2.64. The molecule has 226 valence electrons. The summed E-state index contributed by atoms with van der Waals surface area (Å²) >= 11 is 0. The van der Waals surface area contributed by atoms with Crippen molar-refractivity contribution in [2.24, 2.45) is 10.7 Å². The highest BCUT2D eigenvalue weighted by Gasteiger charge is 2.35. The summed E-state index contributed by atoms with van der Waals surface area (Å²) in [6, 6.07) is 11.2. The Morgan fingerprint density at radius 3 is 2.33 bits per heavy atom. The Labute approximate surface area is 239 Å². The van der Waals surface area contributed by atoms with E-state index < -0.39 is 39.7 Å². The topological polar surface area (TPSA) is 181 Å². The van der Waals surface area contributed by atoms with Crippen molar-refractivity contribution >= 4 is 27.8 Å². The average Bonchev–Trinajstić information content (AvgIpc) is 3.41. The molecule has 1 heterocycles. The third kappa shape index (κ3) is 8.29. The Morgan fingerprint density at radius 2 is 1.76 bits per heavy atom. The maximum atomic E-state index is 13.5. The van der Waals surface area contributed by atoms with Gasteiger partial charge in [-0.15, -0.1) is 0 Å². The highest BCUT2D eigenvalue weighted by Crippen LogP contribution is 2.33. The Bertz CT molecular complexity index is 1540. The second-order valence-corrected chi connectivity index (χ2v) is 10.8. The van der Waals surface area contributed by atoms with Crippen LogP contribution in [0.3, 0.4) is 0 Å². The number of aromatic nitrogens is 2. The van der Waals surface area contributed by atoms with Gasteiger partial charge in [0, 0.05) is 18.5 Å². The third-order valence-corrected chi connectivity index (χ3v) is 7.36. The van der Waals surface area contributed by atoms with Crippen LogP contribution in [0.25, 0.3) is 16.9 Å². The average molecular weight is 610 g/mol. The molecule has 6 N–H and O–H groups in total. The zero-order valence-corrected chi connectivity index (χ0v) is 23.5. The number of sulfonamides is 1.